The Hall–Kier alpha value is -10.4. The van der Waals surface area contributed by atoms with Crippen LogP contribution in [0.4, 0.5) is 51.2 Å². The summed E-state index contributed by atoms with van der Waals surface area (Å²) in [5, 5.41) is 0.585. The van der Waals surface area contributed by atoms with Gasteiger partial charge in [0.25, 0.3) is 20.1 Å². The Labute approximate surface area is 519 Å². The van der Waals surface area contributed by atoms with Crippen LogP contribution in [-0.2, 0) is 0 Å². The predicted molar refractivity (Wildman–Crippen MR) is 337 cm³/mol. The third-order valence-electron chi connectivity index (χ3n) is 15.8. The molecule has 0 unspecified atom stereocenters. The van der Waals surface area contributed by atoms with Crippen LogP contribution in [-0.4, -0.2) is 20.1 Å². The molecule has 9 heteroatoms. The first-order valence-electron chi connectivity index (χ1n) is 43.0. The standard InChI is InChI=1S/C72H42B3N3O3/c1-4-19-43(20-5-1)76-58-28-13-10-25-52(58)73-55-37-46-49(40-67(55)79-64-34-16-31-61(76)70(64)73)47-38-56-69(81-66-36-18-33-63-72(66)74(56)53-26-11-14-29-59(53)77(63)44-21-6-2-7-22-44)42-51(47)48-39-57-68(41-50(46)48)80-65-35-17-32-62-71(65)75(57)54-27-12-15-30-60(54)78(62)45-23-8-3-9-24-45/h1-42H/i1D,2D,3D,4D,5D,6D,7D,8D,9D,10D,11D,12D,13D,14D,15D,16D,17D,18D,19D,20D,21D,22D,23D,24D,25D,26D,27D,28D,29D,30D,31D,32D,33D,34D,35D,36D. The molecular formula is C72H42B3N3O3. The van der Waals surface area contributed by atoms with E-state index in [0.717, 1.165) is 14.7 Å². The van der Waals surface area contributed by atoms with E-state index in [1.807, 2.05) is 0 Å². The Bertz CT molecular complexity index is 6310. The molecule has 6 aliphatic rings. The highest BCUT2D eigenvalue weighted by Gasteiger charge is 2.46. The molecule has 372 valence electrons. The van der Waals surface area contributed by atoms with Crippen LogP contribution in [0.15, 0.2) is 254 Å². The van der Waals surface area contributed by atoms with Crippen LogP contribution in [0.2, 0.25) is 0 Å². The number of nitrogens with zero attached hydrogens (tertiary/aromatic N) is 3. The van der Waals surface area contributed by atoms with Crippen molar-refractivity contribution in [2.75, 3.05) is 14.7 Å². The van der Waals surface area contributed by atoms with E-state index in [-0.39, 0.29) is 98.7 Å². The minimum Gasteiger partial charge on any atom is -0.458 e. The van der Waals surface area contributed by atoms with Crippen molar-refractivity contribution in [2.45, 2.75) is 0 Å². The van der Waals surface area contributed by atoms with Crippen molar-refractivity contribution in [3.8, 4) is 34.5 Å². The first-order valence-corrected chi connectivity index (χ1v) is 25.0. The zero-order valence-corrected chi connectivity index (χ0v) is 40.8. The third-order valence-corrected chi connectivity index (χ3v) is 15.8. The van der Waals surface area contributed by atoms with Gasteiger partial charge in [-0.1, -0.05) is 145 Å². The van der Waals surface area contributed by atoms with Gasteiger partial charge < -0.3 is 28.9 Å². The molecule has 13 aromatic rings. The summed E-state index contributed by atoms with van der Waals surface area (Å²) in [6.07, 6.45) is 0. The molecule has 0 amide bonds. The summed E-state index contributed by atoms with van der Waals surface area (Å²) in [7, 11) is 0. The molecule has 0 radical (unpaired) electrons. The molecule has 0 aromatic heterocycles. The molecule has 81 heavy (non-hydrogen) atoms. The Morgan fingerprint density at radius 2 is 0.494 bits per heavy atom. The second kappa shape index (κ2) is 16.1. The van der Waals surface area contributed by atoms with E-state index < -0.39 is 306 Å². The third kappa shape index (κ3) is 5.89. The number of ether oxygens (including phenoxy) is 3. The van der Waals surface area contributed by atoms with Gasteiger partial charge >= 0.3 is 0 Å². The molecule has 19 rings (SSSR count). The fourth-order valence-electron chi connectivity index (χ4n) is 12.7. The molecule has 0 aliphatic carbocycles. The number of hydrogen-bond donors (Lipinski definition) is 0. The van der Waals surface area contributed by atoms with Crippen molar-refractivity contribution in [1.29, 1.82) is 0 Å². The highest BCUT2D eigenvalue weighted by atomic mass is 16.5. The van der Waals surface area contributed by atoms with Crippen molar-refractivity contribution < 1.29 is 63.6 Å². The lowest BCUT2D eigenvalue weighted by Gasteiger charge is -2.40. The number of fused-ring (bicyclic) bond motifs is 18. The molecule has 0 spiro atoms. The highest BCUT2D eigenvalue weighted by Crippen LogP contribution is 2.48. The van der Waals surface area contributed by atoms with E-state index in [1.54, 1.807) is 0 Å². The van der Waals surface area contributed by atoms with Gasteiger partial charge in [-0.25, -0.2) is 0 Å². The molecule has 6 heterocycles. The lowest BCUT2D eigenvalue weighted by atomic mass is 9.33. The summed E-state index contributed by atoms with van der Waals surface area (Å²) in [6, 6.07) is -22.0. The average Bonchev–Trinajstić information content (AvgIpc) is 0.686. The number of anilines is 9. The largest absolute Gasteiger partial charge is 0.458 e. The van der Waals surface area contributed by atoms with Crippen LogP contribution in [0.25, 0.3) is 32.3 Å². The Morgan fingerprint density at radius 3 is 0.802 bits per heavy atom. The summed E-state index contributed by atoms with van der Waals surface area (Å²) in [5.74, 6) is -2.18. The molecule has 0 fully saturated rings. The van der Waals surface area contributed by atoms with Gasteiger partial charge in [-0.3, -0.25) is 0 Å². The summed E-state index contributed by atoms with van der Waals surface area (Å²) >= 11 is 0. The smallest absolute Gasteiger partial charge is 0.256 e. The first-order chi connectivity index (χ1) is 55.1. The van der Waals surface area contributed by atoms with E-state index >= 15 is 0 Å². The molecule has 6 nitrogen and oxygen atoms in total. The minimum atomic E-state index is -1.65. The normalized spacial score (nSPS) is 20.3. The Kier molecular flexibility index (Phi) is 4.39. The fourth-order valence-corrected chi connectivity index (χ4v) is 12.7. The lowest BCUT2D eigenvalue weighted by molar-refractivity contribution is 0.488. The van der Waals surface area contributed by atoms with Crippen LogP contribution < -0.4 is 78.1 Å². The summed E-state index contributed by atoms with van der Waals surface area (Å²) in [5.41, 5.74) is -7.27. The Balaban J connectivity index is 0.976. The molecule has 6 aliphatic heterocycles. The molecule has 13 aromatic carbocycles. The van der Waals surface area contributed by atoms with E-state index in [2.05, 4.69) is 0 Å². The van der Waals surface area contributed by atoms with Crippen molar-refractivity contribution in [3.05, 3.63) is 254 Å². The molecule has 0 atom stereocenters. The van der Waals surface area contributed by atoms with Gasteiger partial charge in [0.05, 0.1) is 49.3 Å². The number of hydrogen-bond acceptors (Lipinski definition) is 6. The van der Waals surface area contributed by atoms with Crippen LogP contribution in [0.5, 0.6) is 34.5 Å². The maximum Gasteiger partial charge on any atom is 0.256 e. The molecule has 0 saturated carbocycles. The second-order valence-electron chi connectivity index (χ2n) is 19.5. The number of rotatable bonds is 3. The maximum atomic E-state index is 9.91. The first kappa shape index (κ1) is 22.0. The van der Waals surface area contributed by atoms with Gasteiger partial charge in [0.15, 0.2) is 0 Å². The van der Waals surface area contributed by atoms with E-state index in [1.165, 1.54) is 36.4 Å². The lowest BCUT2D eigenvalue weighted by Crippen LogP contribution is -2.59. The zero-order chi connectivity index (χ0) is 83.9. The topological polar surface area (TPSA) is 37.4 Å². The summed E-state index contributed by atoms with van der Waals surface area (Å²) in [4.78, 5) is 2.61. The van der Waals surface area contributed by atoms with Crippen molar-refractivity contribution in [1.82, 2.24) is 0 Å². The van der Waals surface area contributed by atoms with Crippen molar-refractivity contribution in [2.24, 2.45) is 0 Å². The van der Waals surface area contributed by atoms with Crippen LogP contribution in [0.1, 0.15) is 49.3 Å². The second-order valence-corrected chi connectivity index (χ2v) is 19.5. The number of para-hydroxylation sites is 6. The number of benzene rings is 13. The van der Waals surface area contributed by atoms with Crippen LogP contribution in [0.3, 0.4) is 0 Å². The van der Waals surface area contributed by atoms with Gasteiger partial charge in [-0.2, -0.15) is 0 Å². The SMILES string of the molecule is [2H]c1c([2H])c([2H])c(N2c3c([2H])c([2H])c([2H])c([2H])c3B3c4cc5c6cc7c(cc6c6cc8c(cc6c5cc4Oc4c([2H])c([2H])c([2H])c2c43)B2c3c([2H])c([2H])c([2H])c([2H])c3N(c3c([2H])c([2H])c([2H])c([2H])c3[2H])c3c([2H])c([2H])c([2H])c(c32)O8)B2c3c([2H])c([2H])c([2H])c([2H])c3N(c3c([2H])c([2H])c([2H])c([2H])c3[2H])c3c([2H])c([2H])c([2H])c(c32)O7)c([2H])c1[2H]. The van der Waals surface area contributed by atoms with Gasteiger partial charge in [0.2, 0.25) is 0 Å². The monoisotopic (exact) mass is 1070 g/mol. The fraction of sp³-hybridized carbons (Fsp3) is 0. The highest BCUT2D eigenvalue weighted by molar-refractivity contribution is 7.01. The average molecular weight is 1070 g/mol. The molecule has 0 saturated heterocycles. The van der Waals surface area contributed by atoms with E-state index in [9.17, 15) is 32.9 Å². The van der Waals surface area contributed by atoms with Gasteiger partial charge in [-0.15, -0.1) is 0 Å². The Morgan fingerprint density at radius 1 is 0.235 bits per heavy atom. The van der Waals surface area contributed by atoms with Gasteiger partial charge in [-0.05, 0) is 190 Å². The summed E-state index contributed by atoms with van der Waals surface area (Å²) < 4.78 is 356. The predicted octanol–water partition coefficient (Wildman–Crippen LogP) is 12.4. The molecule has 0 N–H and O–H groups in total. The van der Waals surface area contributed by atoms with E-state index in [0.29, 0.717) is 0 Å². The van der Waals surface area contributed by atoms with Gasteiger partial charge in [0, 0.05) is 51.2 Å². The van der Waals surface area contributed by atoms with Crippen LogP contribution in [0, 0.1) is 0 Å². The quantitative estimate of drug-likeness (QED) is 0.130. The zero-order valence-electron chi connectivity index (χ0n) is 76.8. The van der Waals surface area contributed by atoms with E-state index in [4.69, 9.17) is 30.7 Å². The van der Waals surface area contributed by atoms with Crippen LogP contribution >= 0.6 is 0 Å². The van der Waals surface area contributed by atoms with Gasteiger partial charge in [0.1, 0.15) is 34.5 Å². The maximum absolute atomic E-state index is 9.91. The molecular weight excluding hydrogens is 987 g/mol. The van der Waals surface area contributed by atoms with Crippen molar-refractivity contribution >= 4 is 153 Å². The van der Waals surface area contributed by atoms with Crippen molar-refractivity contribution in [3.63, 3.8) is 0 Å². The molecule has 0 bridgehead atoms. The summed E-state index contributed by atoms with van der Waals surface area (Å²) in [6.45, 7) is -4.94. The minimum absolute atomic E-state index is 0.0313.